The highest BCUT2D eigenvalue weighted by Crippen LogP contribution is 2.30. The molecule has 1 aromatic carbocycles. The Morgan fingerprint density at radius 1 is 1.10 bits per heavy atom. The number of nitrogens with zero attached hydrogens (tertiary/aromatic N) is 1. The predicted octanol–water partition coefficient (Wildman–Crippen LogP) is 4.85. The van der Waals surface area contributed by atoms with E-state index in [4.69, 9.17) is 0 Å². The normalized spacial score (nSPS) is 12.1. The SMILES string of the molecule is Cc1ccc(-c2csc(NC(=O)C(NC(=O)c3c(F)cccc3F)C(C)C)n2)s1. The van der Waals surface area contributed by atoms with E-state index >= 15 is 0 Å². The number of hydrogen-bond donors (Lipinski definition) is 2. The lowest BCUT2D eigenvalue weighted by Crippen LogP contribution is -2.47. The Hall–Kier alpha value is -2.65. The van der Waals surface area contributed by atoms with Crippen molar-refractivity contribution in [2.45, 2.75) is 26.8 Å². The molecule has 0 fully saturated rings. The van der Waals surface area contributed by atoms with Crippen molar-refractivity contribution in [3.8, 4) is 10.6 Å². The van der Waals surface area contributed by atoms with Crippen molar-refractivity contribution < 1.29 is 18.4 Å². The number of anilines is 1. The lowest BCUT2D eigenvalue weighted by Gasteiger charge is -2.21. The van der Waals surface area contributed by atoms with E-state index in [2.05, 4.69) is 15.6 Å². The van der Waals surface area contributed by atoms with Crippen molar-refractivity contribution in [3.63, 3.8) is 0 Å². The number of aromatic nitrogens is 1. The van der Waals surface area contributed by atoms with Gasteiger partial charge in [-0.15, -0.1) is 22.7 Å². The van der Waals surface area contributed by atoms with Gasteiger partial charge in [0, 0.05) is 10.3 Å². The summed E-state index contributed by atoms with van der Waals surface area (Å²) < 4.78 is 27.7. The number of thiophene rings is 1. The molecule has 0 aliphatic heterocycles. The smallest absolute Gasteiger partial charge is 0.257 e. The van der Waals surface area contributed by atoms with Gasteiger partial charge in [0.05, 0.1) is 10.6 Å². The minimum atomic E-state index is -0.988. The summed E-state index contributed by atoms with van der Waals surface area (Å²) in [6.45, 7) is 5.45. The van der Waals surface area contributed by atoms with E-state index in [-0.39, 0.29) is 5.92 Å². The number of thiazole rings is 1. The molecule has 0 saturated carbocycles. The van der Waals surface area contributed by atoms with Gasteiger partial charge in [-0.05, 0) is 37.1 Å². The number of carbonyl (C=O) groups excluding carboxylic acids is 2. The lowest BCUT2D eigenvalue weighted by molar-refractivity contribution is -0.118. The summed E-state index contributed by atoms with van der Waals surface area (Å²) in [5.74, 6) is -3.77. The number of hydrogen-bond acceptors (Lipinski definition) is 5. The summed E-state index contributed by atoms with van der Waals surface area (Å²) in [6.07, 6.45) is 0. The van der Waals surface area contributed by atoms with Crippen LogP contribution in [-0.4, -0.2) is 22.8 Å². The quantitative estimate of drug-likeness (QED) is 0.581. The first-order valence-electron chi connectivity index (χ1n) is 8.84. The van der Waals surface area contributed by atoms with E-state index in [1.54, 1.807) is 25.2 Å². The van der Waals surface area contributed by atoms with Gasteiger partial charge in [0.25, 0.3) is 5.91 Å². The van der Waals surface area contributed by atoms with Crippen LogP contribution in [0, 0.1) is 24.5 Å². The molecule has 5 nitrogen and oxygen atoms in total. The molecule has 0 radical (unpaired) electrons. The zero-order valence-electron chi connectivity index (χ0n) is 16.0. The van der Waals surface area contributed by atoms with Gasteiger partial charge in [-0.3, -0.25) is 9.59 Å². The van der Waals surface area contributed by atoms with Crippen molar-refractivity contribution in [1.82, 2.24) is 10.3 Å². The van der Waals surface area contributed by atoms with E-state index < -0.39 is 35.1 Å². The van der Waals surface area contributed by atoms with Crippen LogP contribution >= 0.6 is 22.7 Å². The van der Waals surface area contributed by atoms with Crippen LogP contribution in [0.25, 0.3) is 10.6 Å². The number of rotatable bonds is 6. The summed E-state index contributed by atoms with van der Waals surface area (Å²) in [7, 11) is 0. The average molecular weight is 436 g/mol. The van der Waals surface area contributed by atoms with Crippen LogP contribution in [0.3, 0.4) is 0 Å². The third-order valence-corrected chi connectivity index (χ3v) is 5.93. The van der Waals surface area contributed by atoms with Gasteiger partial charge < -0.3 is 10.6 Å². The molecule has 2 amide bonds. The third-order valence-electron chi connectivity index (χ3n) is 4.15. The van der Waals surface area contributed by atoms with E-state index in [1.165, 1.54) is 17.4 Å². The lowest BCUT2D eigenvalue weighted by atomic mass is 10.0. The monoisotopic (exact) mass is 435 g/mol. The van der Waals surface area contributed by atoms with Gasteiger partial charge in [0.1, 0.15) is 23.2 Å². The van der Waals surface area contributed by atoms with Crippen LogP contribution in [0.2, 0.25) is 0 Å². The largest absolute Gasteiger partial charge is 0.340 e. The molecule has 0 bridgehead atoms. The first-order valence-corrected chi connectivity index (χ1v) is 10.5. The van der Waals surface area contributed by atoms with Crippen LogP contribution in [0.1, 0.15) is 29.1 Å². The van der Waals surface area contributed by atoms with Crippen molar-refractivity contribution in [3.05, 3.63) is 57.8 Å². The average Bonchev–Trinajstić information content (AvgIpc) is 3.28. The minimum Gasteiger partial charge on any atom is -0.340 e. The van der Waals surface area contributed by atoms with E-state index in [0.717, 1.165) is 27.6 Å². The fourth-order valence-electron chi connectivity index (χ4n) is 2.66. The van der Waals surface area contributed by atoms with Gasteiger partial charge in [0.2, 0.25) is 5.91 Å². The molecule has 1 unspecified atom stereocenters. The molecule has 9 heteroatoms. The zero-order valence-corrected chi connectivity index (χ0v) is 17.6. The summed E-state index contributed by atoms with van der Waals surface area (Å²) in [5.41, 5.74) is 0.0394. The first-order chi connectivity index (χ1) is 13.8. The molecule has 3 aromatic rings. The third kappa shape index (κ3) is 4.86. The Kier molecular flexibility index (Phi) is 6.39. The van der Waals surface area contributed by atoms with E-state index in [9.17, 15) is 18.4 Å². The summed E-state index contributed by atoms with van der Waals surface area (Å²) in [4.78, 5) is 31.6. The van der Waals surface area contributed by atoms with Crippen molar-refractivity contribution in [2.24, 2.45) is 5.92 Å². The number of amides is 2. The molecular formula is C20H19F2N3O2S2. The van der Waals surface area contributed by atoms with Gasteiger partial charge >= 0.3 is 0 Å². The van der Waals surface area contributed by atoms with Gasteiger partial charge in [-0.2, -0.15) is 0 Å². The summed E-state index contributed by atoms with van der Waals surface area (Å²) in [5, 5.41) is 7.32. The number of carbonyl (C=O) groups is 2. The minimum absolute atomic E-state index is 0.312. The maximum Gasteiger partial charge on any atom is 0.257 e. The number of nitrogens with one attached hydrogen (secondary N) is 2. The van der Waals surface area contributed by atoms with Crippen LogP contribution < -0.4 is 10.6 Å². The first kappa shape index (κ1) is 21.1. The maximum absolute atomic E-state index is 13.9. The molecule has 3 rings (SSSR count). The number of halogens is 2. The summed E-state index contributed by atoms with van der Waals surface area (Å²) >= 11 is 2.86. The molecular weight excluding hydrogens is 416 g/mol. The Bertz CT molecular complexity index is 1030. The van der Waals surface area contributed by atoms with Gasteiger partial charge in [-0.25, -0.2) is 13.8 Å². The van der Waals surface area contributed by atoms with Crippen molar-refractivity contribution in [1.29, 1.82) is 0 Å². The molecule has 2 heterocycles. The molecule has 0 saturated heterocycles. The number of aryl methyl sites for hydroxylation is 1. The maximum atomic E-state index is 13.9. The zero-order chi connectivity index (χ0) is 21.1. The highest BCUT2D eigenvalue weighted by molar-refractivity contribution is 7.17. The molecule has 29 heavy (non-hydrogen) atoms. The van der Waals surface area contributed by atoms with Crippen LogP contribution in [-0.2, 0) is 4.79 Å². The van der Waals surface area contributed by atoms with E-state index in [1.807, 2.05) is 24.4 Å². The Morgan fingerprint density at radius 2 is 1.79 bits per heavy atom. The molecule has 2 aromatic heterocycles. The highest BCUT2D eigenvalue weighted by Gasteiger charge is 2.28. The molecule has 0 aliphatic rings. The van der Waals surface area contributed by atoms with Crippen molar-refractivity contribution in [2.75, 3.05) is 5.32 Å². The van der Waals surface area contributed by atoms with Crippen LogP contribution in [0.15, 0.2) is 35.7 Å². The summed E-state index contributed by atoms with van der Waals surface area (Å²) in [6, 6.07) is 6.11. The Balaban J connectivity index is 1.73. The van der Waals surface area contributed by atoms with Crippen LogP contribution in [0.4, 0.5) is 13.9 Å². The Labute approximate surface area is 174 Å². The molecule has 1 atom stereocenters. The van der Waals surface area contributed by atoms with Gasteiger partial charge in [0.15, 0.2) is 5.13 Å². The predicted molar refractivity (Wildman–Crippen MR) is 111 cm³/mol. The second-order valence-corrected chi connectivity index (χ2v) is 8.88. The molecule has 152 valence electrons. The fraction of sp³-hybridized carbons (Fsp3) is 0.250. The van der Waals surface area contributed by atoms with E-state index in [0.29, 0.717) is 5.13 Å². The van der Waals surface area contributed by atoms with Crippen molar-refractivity contribution >= 4 is 39.6 Å². The standard InChI is InChI=1S/C20H19F2N3O2S2/c1-10(2)17(24-18(26)16-12(21)5-4-6-13(16)22)19(27)25-20-23-14(9-28-20)15-8-7-11(3)29-15/h4-10,17H,1-3H3,(H,24,26)(H,23,25,27). The molecule has 0 aliphatic carbocycles. The highest BCUT2D eigenvalue weighted by atomic mass is 32.1. The second-order valence-electron chi connectivity index (χ2n) is 6.73. The molecule has 2 N–H and O–H groups in total. The van der Waals surface area contributed by atoms with Gasteiger partial charge in [-0.1, -0.05) is 19.9 Å². The topological polar surface area (TPSA) is 71.1 Å². The Morgan fingerprint density at radius 3 is 2.38 bits per heavy atom. The van der Waals surface area contributed by atoms with Crippen LogP contribution in [0.5, 0.6) is 0 Å². The number of benzene rings is 1. The second kappa shape index (κ2) is 8.79. The molecule has 0 spiro atoms. The fourth-order valence-corrected chi connectivity index (χ4v) is 4.28.